The Labute approximate surface area is 63.5 Å². The van der Waals surface area contributed by atoms with Gasteiger partial charge in [-0.15, -0.1) is 0 Å². The Morgan fingerprint density at radius 3 is 2.40 bits per heavy atom. The van der Waals surface area contributed by atoms with Crippen LogP contribution in [0.15, 0.2) is 12.3 Å². The van der Waals surface area contributed by atoms with Crippen molar-refractivity contribution in [3.8, 4) is 0 Å². The van der Waals surface area contributed by atoms with Gasteiger partial charge in [-0.1, -0.05) is 20.4 Å². The van der Waals surface area contributed by atoms with E-state index in [9.17, 15) is 0 Å². The minimum atomic E-state index is 0.639. The van der Waals surface area contributed by atoms with Crippen molar-refractivity contribution in [1.82, 2.24) is 5.32 Å². The van der Waals surface area contributed by atoms with Gasteiger partial charge >= 0.3 is 0 Å². The average Bonchev–Trinajstić information content (AvgIpc) is 2.10. The van der Waals surface area contributed by atoms with E-state index in [-0.39, 0.29) is 0 Å². The molecule has 1 heterocycles. The monoisotopic (exact) mass is 139 g/mol. The van der Waals surface area contributed by atoms with E-state index in [0.717, 1.165) is 5.92 Å². The lowest BCUT2D eigenvalue weighted by Gasteiger charge is -2.13. The smallest absolute Gasteiger partial charge is 0.0236 e. The fourth-order valence-electron chi connectivity index (χ4n) is 1.68. The zero-order valence-electron chi connectivity index (χ0n) is 7.15. The van der Waals surface area contributed by atoms with Gasteiger partial charge in [0, 0.05) is 17.7 Å². The maximum atomic E-state index is 4.00. The van der Waals surface area contributed by atoms with Gasteiger partial charge in [-0.3, -0.25) is 0 Å². The number of rotatable bonds is 1. The highest BCUT2D eigenvalue weighted by atomic mass is 15.0. The molecule has 0 aromatic carbocycles. The first kappa shape index (κ1) is 7.64. The molecule has 0 saturated carbocycles. The van der Waals surface area contributed by atoms with Crippen molar-refractivity contribution in [2.75, 3.05) is 0 Å². The lowest BCUT2D eigenvalue weighted by Crippen LogP contribution is -2.14. The normalized spacial score (nSPS) is 33.0. The Hall–Kier alpha value is -0.460. The van der Waals surface area contributed by atoms with Gasteiger partial charge in [0.2, 0.25) is 0 Å². The SMILES string of the molecule is C=C1NC(C)CC1C(C)C. The molecular formula is C9H17N. The van der Waals surface area contributed by atoms with E-state index in [1.165, 1.54) is 12.1 Å². The third-order valence-electron chi connectivity index (χ3n) is 2.29. The lowest BCUT2D eigenvalue weighted by molar-refractivity contribution is 0.444. The van der Waals surface area contributed by atoms with Crippen LogP contribution in [0.25, 0.3) is 0 Å². The highest BCUT2D eigenvalue weighted by Gasteiger charge is 2.26. The Morgan fingerprint density at radius 2 is 2.20 bits per heavy atom. The van der Waals surface area contributed by atoms with Gasteiger partial charge in [-0.05, 0) is 19.3 Å². The van der Waals surface area contributed by atoms with E-state index in [2.05, 4.69) is 32.7 Å². The molecule has 0 radical (unpaired) electrons. The first-order chi connectivity index (χ1) is 4.61. The Kier molecular flexibility index (Phi) is 2.02. The molecule has 1 aliphatic heterocycles. The van der Waals surface area contributed by atoms with Crippen molar-refractivity contribution in [1.29, 1.82) is 0 Å². The molecule has 2 atom stereocenters. The maximum Gasteiger partial charge on any atom is 0.0236 e. The van der Waals surface area contributed by atoms with Crippen molar-refractivity contribution in [3.63, 3.8) is 0 Å². The molecule has 10 heavy (non-hydrogen) atoms. The number of nitrogens with one attached hydrogen (secondary N) is 1. The van der Waals surface area contributed by atoms with Crippen molar-refractivity contribution in [2.24, 2.45) is 11.8 Å². The van der Waals surface area contributed by atoms with Gasteiger partial charge in [0.05, 0.1) is 0 Å². The summed E-state index contributed by atoms with van der Waals surface area (Å²) in [5, 5.41) is 3.35. The molecule has 1 aliphatic rings. The molecule has 1 saturated heterocycles. The van der Waals surface area contributed by atoms with Crippen LogP contribution in [0.3, 0.4) is 0 Å². The van der Waals surface area contributed by atoms with Gasteiger partial charge in [-0.25, -0.2) is 0 Å². The Morgan fingerprint density at radius 1 is 1.60 bits per heavy atom. The number of hydrogen-bond acceptors (Lipinski definition) is 1. The Balaban J connectivity index is 2.55. The summed E-state index contributed by atoms with van der Waals surface area (Å²) in [6.45, 7) is 10.7. The van der Waals surface area contributed by atoms with E-state index in [4.69, 9.17) is 0 Å². The summed E-state index contributed by atoms with van der Waals surface area (Å²) in [5.41, 5.74) is 1.24. The van der Waals surface area contributed by atoms with Crippen LogP contribution in [-0.2, 0) is 0 Å². The molecular weight excluding hydrogens is 122 g/mol. The molecule has 1 N–H and O–H groups in total. The second kappa shape index (κ2) is 2.65. The third-order valence-corrected chi connectivity index (χ3v) is 2.29. The summed E-state index contributed by atoms with van der Waals surface area (Å²) in [6, 6.07) is 0.639. The summed E-state index contributed by atoms with van der Waals surface area (Å²) in [7, 11) is 0. The van der Waals surface area contributed by atoms with Crippen molar-refractivity contribution in [3.05, 3.63) is 12.3 Å². The molecule has 1 nitrogen and oxygen atoms in total. The average molecular weight is 139 g/mol. The van der Waals surface area contributed by atoms with Crippen LogP contribution in [0.2, 0.25) is 0 Å². The lowest BCUT2D eigenvalue weighted by atomic mass is 9.92. The van der Waals surface area contributed by atoms with Crippen LogP contribution in [0.4, 0.5) is 0 Å². The third kappa shape index (κ3) is 1.34. The van der Waals surface area contributed by atoms with Gasteiger partial charge in [-0.2, -0.15) is 0 Å². The van der Waals surface area contributed by atoms with Crippen molar-refractivity contribution in [2.45, 2.75) is 33.2 Å². The van der Waals surface area contributed by atoms with Crippen LogP contribution in [-0.4, -0.2) is 6.04 Å². The molecule has 0 spiro atoms. The fourth-order valence-corrected chi connectivity index (χ4v) is 1.68. The quantitative estimate of drug-likeness (QED) is 0.587. The second-order valence-electron chi connectivity index (χ2n) is 3.66. The highest BCUT2D eigenvalue weighted by Crippen LogP contribution is 2.28. The van der Waals surface area contributed by atoms with Gasteiger partial charge in [0.1, 0.15) is 0 Å². The van der Waals surface area contributed by atoms with E-state index in [1.54, 1.807) is 0 Å². The standard InChI is InChI=1S/C9H17N/c1-6(2)9-5-7(3)10-8(9)4/h6-7,9-10H,4-5H2,1-3H3. The van der Waals surface area contributed by atoms with Crippen molar-refractivity contribution >= 4 is 0 Å². The summed E-state index contributed by atoms with van der Waals surface area (Å²) < 4.78 is 0. The molecule has 0 amide bonds. The molecule has 2 unspecified atom stereocenters. The van der Waals surface area contributed by atoms with E-state index >= 15 is 0 Å². The minimum Gasteiger partial charge on any atom is -0.386 e. The van der Waals surface area contributed by atoms with Crippen LogP contribution in [0.1, 0.15) is 27.2 Å². The summed E-state index contributed by atoms with van der Waals surface area (Å²) >= 11 is 0. The van der Waals surface area contributed by atoms with E-state index in [0.29, 0.717) is 12.0 Å². The maximum absolute atomic E-state index is 4.00. The first-order valence-corrected chi connectivity index (χ1v) is 4.06. The number of allylic oxidation sites excluding steroid dienone is 1. The summed E-state index contributed by atoms with van der Waals surface area (Å²) in [5.74, 6) is 1.44. The summed E-state index contributed by atoms with van der Waals surface area (Å²) in [6.07, 6.45) is 1.26. The first-order valence-electron chi connectivity index (χ1n) is 4.06. The molecule has 58 valence electrons. The molecule has 1 heteroatoms. The molecule has 0 aromatic heterocycles. The topological polar surface area (TPSA) is 12.0 Å². The van der Waals surface area contributed by atoms with Gasteiger partial charge in [0.25, 0.3) is 0 Å². The Bertz CT molecular complexity index is 138. The van der Waals surface area contributed by atoms with Gasteiger partial charge in [0.15, 0.2) is 0 Å². The van der Waals surface area contributed by atoms with Crippen molar-refractivity contribution < 1.29 is 0 Å². The number of hydrogen-bond donors (Lipinski definition) is 1. The predicted octanol–water partition coefficient (Wildman–Crippen LogP) is 2.15. The van der Waals surface area contributed by atoms with Crippen LogP contribution in [0.5, 0.6) is 0 Å². The molecule has 0 aromatic rings. The predicted molar refractivity (Wildman–Crippen MR) is 44.7 cm³/mol. The zero-order chi connectivity index (χ0) is 7.72. The molecule has 0 aliphatic carbocycles. The van der Waals surface area contributed by atoms with Gasteiger partial charge < -0.3 is 5.32 Å². The van der Waals surface area contributed by atoms with Crippen LogP contribution >= 0.6 is 0 Å². The largest absolute Gasteiger partial charge is 0.386 e. The van der Waals surface area contributed by atoms with E-state index < -0.39 is 0 Å². The summed E-state index contributed by atoms with van der Waals surface area (Å²) in [4.78, 5) is 0. The zero-order valence-corrected chi connectivity index (χ0v) is 7.15. The molecule has 1 fully saturated rings. The molecule has 0 bridgehead atoms. The van der Waals surface area contributed by atoms with Crippen LogP contribution < -0.4 is 5.32 Å². The fraction of sp³-hybridized carbons (Fsp3) is 0.778. The second-order valence-corrected chi connectivity index (χ2v) is 3.66. The van der Waals surface area contributed by atoms with Crippen LogP contribution in [0, 0.1) is 11.8 Å². The highest BCUT2D eigenvalue weighted by molar-refractivity contribution is 5.07. The minimum absolute atomic E-state index is 0.639. The molecule has 1 rings (SSSR count). The van der Waals surface area contributed by atoms with E-state index in [1.807, 2.05) is 0 Å².